The molecule has 1 fully saturated rings. The lowest BCUT2D eigenvalue weighted by Gasteiger charge is -2.38. The van der Waals surface area contributed by atoms with Gasteiger partial charge < -0.3 is 9.88 Å². The largest absolute Gasteiger partial charge is 0.342 e. The summed E-state index contributed by atoms with van der Waals surface area (Å²) in [6, 6.07) is 10.4. The Balaban J connectivity index is 1.43. The molecule has 0 bridgehead atoms. The van der Waals surface area contributed by atoms with Crippen molar-refractivity contribution >= 4 is 0 Å². The molecule has 4 rings (SSSR count). The Labute approximate surface area is 153 Å². The first-order valence-corrected chi connectivity index (χ1v) is 9.22. The van der Waals surface area contributed by atoms with E-state index >= 15 is 0 Å². The minimum absolute atomic E-state index is 0.250. The predicted octanol–water partition coefficient (Wildman–Crippen LogP) is 4.48. The van der Waals surface area contributed by atoms with Gasteiger partial charge in [0.05, 0.1) is 17.6 Å². The fraction of sp³-hybridized carbons (Fsp3) is 0.333. The molecule has 2 aromatic heterocycles. The van der Waals surface area contributed by atoms with Gasteiger partial charge in [-0.05, 0) is 37.2 Å². The number of imidazole rings is 1. The lowest BCUT2D eigenvalue weighted by molar-refractivity contribution is 0.142. The van der Waals surface area contributed by atoms with Crippen molar-refractivity contribution in [3.05, 3.63) is 60.4 Å². The van der Waals surface area contributed by atoms with E-state index in [1.807, 2.05) is 30.6 Å². The van der Waals surface area contributed by atoms with Gasteiger partial charge in [0.15, 0.2) is 0 Å². The van der Waals surface area contributed by atoms with Crippen molar-refractivity contribution in [2.75, 3.05) is 19.6 Å². The van der Waals surface area contributed by atoms with Crippen LogP contribution in [0.5, 0.6) is 0 Å². The maximum atomic E-state index is 13.4. The molecular formula is C21H23FN4. The Hall–Kier alpha value is -2.53. The van der Waals surface area contributed by atoms with E-state index in [0.717, 1.165) is 41.4 Å². The van der Waals surface area contributed by atoms with Gasteiger partial charge in [-0.15, -0.1) is 0 Å². The molecule has 0 atom stereocenters. The molecule has 0 aliphatic carbocycles. The second-order valence-corrected chi connectivity index (χ2v) is 6.93. The Kier molecular flexibility index (Phi) is 4.80. The first-order valence-electron chi connectivity index (χ1n) is 9.22. The zero-order valence-corrected chi connectivity index (χ0v) is 15.0. The quantitative estimate of drug-likeness (QED) is 0.713. The second kappa shape index (κ2) is 7.38. The van der Waals surface area contributed by atoms with Crippen LogP contribution in [-0.4, -0.2) is 39.5 Å². The normalized spacial score (nSPS) is 15.2. The molecule has 134 valence electrons. The monoisotopic (exact) mass is 350 g/mol. The standard InChI is InChI=1S/C21H23FN4/c1-2-3-9-26-13-17(14-26)21-24-12-20(25-21)16-7-8-19(23-11-16)15-5-4-6-18(22)10-15/h4-8,10-12,17H,2-3,9,13-14H2,1H3,(H,24,25). The smallest absolute Gasteiger partial charge is 0.123 e. The minimum Gasteiger partial charge on any atom is -0.342 e. The van der Waals surface area contributed by atoms with Crippen molar-refractivity contribution in [2.24, 2.45) is 0 Å². The van der Waals surface area contributed by atoms with E-state index in [1.165, 1.54) is 31.5 Å². The fourth-order valence-electron chi connectivity index (χ4n) is 3.37. The minimum atomic E-state index is -0.250. The summed E-state index contributed by atoms with van der Waals surface area (Å²) < 4.78 is 13.4. The van der Waals surface area contributed by atoms with Crippen molar-refractivity contribution in [1.29, 1.82) is 0 Å². The molecule has 1 saturated heterocycles. The molecule has 0 spiro atoms. The number of hydrogen-bond donors (Lipinski definition) is 1. The van der Waals surface area contributed by atoms with Crippen LogP contribution in [0.25, 0.3) is 22.5 Å². The van der Waals surface area contributed by atoms with E-state index < -0.39 is 0 Å². The van der Waals surface area contributed by atoms with E-state index in [4.69, 9.17) is 0 Å². The molecule has 1 aromatic carbocycles. The topological polar surface area (TPSA) is 44.8 Å². The van der Waals surface area contributed by atoms with Crippen LogP contribution in [0.4, 0.5) is 4.39 Å². The van der Waals surface area contributed by atoms with Crippen LogP contribution < -0.4 is 0 Å². The van der Waals surface area contributed by atoms with E-state index in [9.17, 15) is 4.39 Å². The number of benzene rings is 1. The molecule has 0 saturated carbocycles. The van der Waals surface area contributed by atoms with Gasteiger partial charge in [-0.25, -0.2) is 9.37 Å². The van der Waals surface area contributed by atoms with Gasteiger partial charge >= 0.3 is 0 Å². The summed E-state index contributed by atoms with van der Waals surface area (Å²) in [4.78, 5) is 15.0. The number of hydrogen-bond acceptors (Lipinski definition) is 3. The Morgan fingerprint density at radius 3 is 2.73 bits per heavy atom. The summed E-state index contributed by atoms with van der Waals surface area (Å²) in [6.07, 6.45) is 6.19. The van der Waals surface area contributed by atoms with Gasteiger partial charge in [0.1, 0.15) is 11.6 Å². The van der Waals surface area contributed by atoms with E-state index in [2.05, 4.69) is 26.8 Å². The molecule has 5 heteroatoms. The number of aromatic amines is 1. The first kappa shape index (κ1) is 16.9. The number of H-pyrrole nitrogens is 1. The number of pyridine rings is 1. The van der Waals surface area contributed by atoms with Crippen molar-refractivity contribution in [3.8, 4) is 22.5 Å². The maximum Gasteiger partial charge on any atom is 0.123 e. The number of nitrogens with one attached hydrogen (secondary N) is 1. The molecule has 0 radical (unpaired) electrons. The molecule has 1 N–H and O–H groups in total. The van der Waals surface area contributed by atoms with Crippen molar-refractivity contribution in [3.63, 3.8) is 0 Å². The highest BCUT2D eigenvalue weighted by Crippen LogP contribution is 2.28. The zero-order valence-electron chi connectivity index (χ0n) is 15.0. The van der Waals surface area contributed by atoms with Crippen LogP contribution in [0, 0.1) is 5.82 Å². The number of rotatable bonds is 6. The van der Waals surface area contributed by atoms with Gasteiger partial charge in [-0.2, -0.15) is 0 Å². The molecule has 0 unspecified atom stereocenters. The molecule has 1 aliphatic heterocycles. The third-order valence-corrected chi connectivity index (χ3v) is 4.96. The molecule has 0 amide bonds. The van der Waals surface area contributed by atoms with E-state index in [0.29, 0.717) is 5.92 Å². The predicted molar refractivity (Wildman–Crippen MR) is 101 cm³/mol. The maximum absolute atomic E-state index is 13.4. The third-order valence-electron chi connectivity index (χ3n) is 4.96. The lowest BCUT2D eigenvalue weighted by Crippen LogP contribution is -2.45. The molecule has 3 aromatic rings. The van der Waals surface area contributed by atoms with Crippen LogP contribution >= 0.6 is 0 Å². The molecule has 26 heavy (non-hydrogen) atoms. The van der Waals surface area contributed by atoms with Gasteiger partial charge in [0.25, 0.3) is 0 Å². The number of unbranched alkanes of at least 4 members (excludes halogenated alkanes) is 1. The van der Waals surface area contributed by atoms with E-state index in [1.54, 1.807) is 6.07 Å². The Morgan fingerprint density at radius 2 is 2.00 bits per heavy atom. The summed E-state index contributed by atoms with van der Waals surface area (Å²) in [7, 11) is 0. The number of halogens is 1. The van der Waals surface area contributed by atoms with Gasteiger partial charge in [0.2, 0.25) is 0 Å². The van der Waals surface area contributed by atoms with Crippen LogP contribution in [-0.2, 0) is 0 Å². The van der Waals surface area contributed by atoms with Crippen molar-refractivity contribution in [2.45, 2.75) is 25.7 Å². The number of likely N-dealkylation sites (tertiary alicyclic amines) is 1. The Bertz CT molecular complexity index is 866. The van der Waals surface area contributed by atoms with Gasteiger partial charge in [-0.1, -0.05) is 25.5 Å². The van der Waals surface area contributed by atoms with Crippen LogP contribution in [0.15, 0.2) is 48.8 Å². The summed E-state index contributed by atoms with van der Waals surface area (Å²) in [5.41, 5.74) is 3.51. The SMILES string of the molecule is CCCCN1CC(c2ncc(-c3ccc(-c4cccc(F)c4)nc3)[nH]2)C1. The van der Waals surface area contributed by atoms with Crippen molar-refractivity contribution < 1.29 is 4.39 Å². The number of nitrogens with zero attached hydrogens (tertiary/aromatic N) is 3. The molecular weight excluding hydrogens is 327 g/mol. The highest BCUT2D eigenvalue weighted by molar-refractivity contribution is 5.64. The zero-order chi connectivity index (χ0) is 17.9. The Morgan fingerprint density at radius 1 is 1.12 bits per heavy atom. The van der Waals surface area contributed by atoms with Crippen LogP contribution in [0.1, 0.15) is 31.5 Å². The highest BCUT2D eigenvalue weighted by atomic mass is 19.1. The first-order chi connectivity index (χ1) is 12.7. The highest BCUT2D eigenvalue weighted by Gasteiger charge is 2.29. The fourth-order valence-corrected chi connectivity index (χ4v) is 3.37. The average molecular weight is 350 g/mol. The third kappa shape index (κ3) is 3.53. The van der Waals surface area contributed by atoms with Gasteiger partial charge in [-0.3, -0.25) is 4.98 Å². The summed E-state index contributed by atoms with van der Waals surface area (Å²) in [6.45, 7) is 5.59. The summed E-state index contributed by atoms with van der Waals surface area (Å²) in [5.74, 6) is 1.31. The van der Waals surface area contributed by atoms with Crippen LogP contribution in [0.2, 0.25) is 0 Å². The molecule has 4 nitrogen and oxygen atoms in total. The van der Waals surface area contributed by atoms with Crippen LogP contribution in [0.3, 0.4) is 0 Å². The lowest BCUT2D eigenvalue weighted by atomic mass is 9.99. The van der Waals surface area contributed by atoms with E-state index in [-0.39, 0.29) is 5.82 Å². The average Bonchev–Trinajstić information content (AvgIpc) is 3.10. The summed E-state index contributed by atoms with van der Waals surface area (Å²) >= 11 is 0. The second-order valence-electron chi connectivity index (χ2n) is 6.93. The number of aromatic nitrogens is 3. The van der Waals surface area contributed by atoms with Crippen molar-refractivity contribution in [1.82, 2.24) is 19.9 Å². The molecule has 1 aliphatic rings. The molecule has 3 heterocycles. The van der Waals surface area contributed by atoms with Gasteiger partial charge in [0, 0.05) is 36.3 Å². The summed E-state index contributed by atoms with van der Waals surface area (Å²) in [5, 5.41) is 0.